The molecule has 12 heteroatoms. The summed E-state index contributed by atoms with van der Waals surface area (Å²) in [4.78, 5) is 50.0. The molecule has 35 heavy (non-hydrogen) atoms. The van der Waals surface area contributed by atoms with Crippen molar-refractivity contribution in [3.8, 4) is 5.75 Å². The van der Waals surface area contributed by atoms with Crippen molar-refractivity contribution in [3.05, 3.63) is 29.8 Å². The van der Waals surface area contributed by atoms with Crippen molar-refractivity contribution in [2.24, 2.45) is 11.7 Å². The van der Waals surface area contributed by atoms with Crippen LogP contribution in [0.15, 0.2) is 24.3 Å². The van der Waals surface area contributed by atoms with Crippen LogP contribution in [0.5, 0.6) is 5.75 Å². The van der Waals surface area contributed by atoms with Gasteiger partial charge in [0.05, 0.1) is 6.04 Å². The Labute approximate surface area is 215 Å². The molecule has 0 saturated heterocycles. The number of phenolic OH excluding ortho intramolecular Hbond substituents is 1. The van der Waals surface area contributed by atoms with Gasteiger partial charge in [-0.1, -0.05) is 26.0 Å². The number of benzene rings is 1. The second kappa shape index (κ2) is 15.5. The number of thiol groups is 1. The summed E-state index contributed by atoms with van der Waals surface area (Å²) in [6, 6.07) is 1.96. The third kappa shape index (κ3) is 11.2. The zero-order valence-corrected chi connectivity index (χ0v) is 21.9. The molecule has 3 amide bonds. The molecule has 10 nitrogen and oxygen atoms in total. The average Bonchev–Trinajstić information content (AvgIpc) is 2.80. The van der Waals surface area contributed by atoms with Crippen LogP contribution in [0.1, 0.15) is 32.3 Å². The maximum Gasteiger partial charge on any atom is 0.326 e. The Morgan fingerprint density at radius 1 is 0.971 bits per heavy atom. The van der Waals surface area contributed by atoms with Crippen LogP contribution >= 0.6 is 24.4 Å². The molecule has 0 aromatic heterocycles. The van der Waals surface area contributed by atoms with E-state index in [9.17, 15) is 29.4 Å². The number of carboxylic acids is 1. The quantitative estimate of drug-likeness (QED) is 0.162. The first kappa shape index (κ1) is 30.6. The van der Waals surface area contributed by atoms with Crippen LogP contribution in [0.2, 0.25) is 0 Å². The first-order chi connectivity index (χ1) is 16.5. The number of aromatic hydroxyl groups is 1. The Kier molecular flexibility index (Phi) is 13.6. The van der Waals surface area contributed by atoms with Crippen molar-refractivity contribution >= 4 is 48.1 Å². The molecule has 0 saturated carbocycles. The number of carbonyl (C=O) groups excluding carboxylic acids is 3. The van der Waals surface area contributed by atoms with E-state index in [1.807, 2.05) is 20.1 Å². The molecule has 1 rings (SSSR count). The van der Waals surface area contributed by atoms with Gasteiger partial charge in [0.25, 0.3) is 0 Å². The topological polar surface area (TPSA) is 171 Å². The third-order valence-electron chi connectivity index (χ3n) is 5.12. The normalized spacial score (nSPS) is 14.5. The Bertz CT molecular complexity index is 853. The maximum atomic E-state index is 13.0. The van der Waals surface area contributed by atoms with Crippen LogP contribution in [0.3, 0.4) is 0 Å². The predicted octanol–water partition coefficient (Wildman–Crippen LogP) is 0.530. The van der Waals surface area contributed by atoms with Gasteiger partial charge in [0.2, 0.25) is 17.7 Å². The van der Waals surface area contributed by atoms with Crippen molar-refractivity contribution in [1.82, 2.24) is 16.0 Å². The fraction of sp³-hybridized carbons (Fsp3) is 0.565. The summed E-state index contributed by atoms with van der Waals surface area (Å²) in [6.07, 6.45) is 2.58. The van der Waals surface area contributed by atoms with Gasteiger partial charge < -0.3 is 31.9 Å². The lowest BCUT2D eigenvalue weighted by atomic mass is 10.0. The van der Waals surface area contributed by atoms with Crippen molar-refractivity contribution in [3.63, 3.8) is 0 Å². The highest BCUT2D eigenvalue weighted by atomic mass is 32.2. The van der Waals surface area contributed by atoms with E-state index in [1.54, 1.807) is 23.9 Å². The molecule has 4 unspecified atom stereocenters. The second-order valence-corrected chi connectivity index (χ2v) is 9.94. The van der Waals surface area contributed by atoms with E-state index in [1.165, 1.54) is 12.1 Å². The number of amides is 3. The minimum absolute atomic E-state index is 0.0145. The number of hydrogen-bond acceptors (Lipinski definition) is 8. The summed E-state index contributed by atoms with van der Waals surface area (Å²) < 4.78 is 0. The maximum absolute atomic E-state index is 13.0. The summed E-state index contributed by atoms with van der Waals surface area (Å²) >= 11 is 5.69. The number of nitrogens with two attached hydrogens (primary N) is 1. The number of phenols is 1. The van der Waals surface area contributed by atoms with Crippen LogP contribution in [-0.4, -0.2) is 75.8 Å². The highest BCUT2D eigenvalue weighted by Crippen LogP contribution is 2.13. The van der Waals surface area contributed by atoms with Gasteiger partial charge in [-0.05, 0) is 48.5 Å². The van der Waals surface area contributed by atoms with Gasteiger partial charge in [0.15, 0.2) is 0 Å². The molecule has 0 radical (unpaired) electrons. The van der Waals surface area contributed by atoms with E-state index in [4.69, 9.17) is 5.73 Å². The number of nitrogens with one attached hydrogen (secondary N) is 3. The Balaban J connectivity index is 3.02. The largest absolute Gasteiger partial charge is 0.508 e. The van der Waals surface area contributed by atoms with E-state index in [2.05, 4.69) is 28.6 Å². The zero-order chi connectivity index (χ0) is 26.5. The standard InChI is InChI=1S/C23H36N4O6S2/c1-13(2)10-18(23(32)33)26-21(30)17(11-14-4-6-15(28)7-5-14)25-22(31)19(12-34)27-20(29)16(24)8-9-35-3/h4-7,13,16-19,28,34H,8-12,24H2,1-3H3,(H,25,31)(H,26,30)(H,27,29)(H,32,33). The monoisotopic (exact) mass is 528 g/mol. The van der Waals surface area contributed by atoms with E-state index in [0.717, 1.165) is 0 Å². The molecule has 196 valence electrons. The fourth-order valence-corrected chi connectivity index (χ4v) is 3.91. The number of hydrogen-bond donors (Lipinski definition) is 7. The molecule has 7 N–H and O–H groups in total. The summed E-state index contributed by atoms with van der Waals surface area (Å²) in [5.74, 6) is -2.32. The Morgan fingerprint density at radius 3 is 2.03 bits per heavy atom. The van der Waals surface area contributed by atoms with Gasteiger partial charge in [0.1, 0.15) is 23.9 Å². The number of thioether (sulfide) groups is 1. The summed E-state index contributed by atoms with van der Waals surface area (Å²) in [5.41, 5.74) is 6.50. The first-order valence-corrected chi connectivity index (χ1v) is 13.3. The van der Waals surface area contributed by atoms with E-state index in [0.29, 0.717) is 17.7 Å². The first-order valence-electron chi connectivity index (χ1n) is 11.3. The number of aliphatic carboxylic acids is 1. The van der Waals surface area contributed by atoms with Gasteiger partial charge in [-0.15, -0.1) is 0 Å². The van der Waals surface area contributed by atoms with Gasteiger partial charge in [-0.25, -0.2) is 4.79 Å². The molecule has 0 aliphatic rings. The Morgan fingerprint density at radius 2 is 1.51 bits per heavy atom. The van der Waals surface area contributed by atoms with Gasteiger partial charge in [-0.2, -0.15) is 24.4 Å². The smallest absolute Gasteiger partial charge is 0.326 e. The van der Waals surface area contributed by atoms with Crippen LogP contribution in [0.25, 0.3) is 0 Å². The fourth-order valence-electron chi connectivity index (χ4n) is 3.16. The number of carbonyl (C=O) groups is 4. The lowest BCUT2D eigenvalue weighted by Crippen LogP contribution is -2.58. The van der Waals surface area contributed by atoms with E-state index >= 15 is 0 Å². The molecule has 4 atom stereocenters. The molecule has 0 aliphatic carbocycles. The molecule has 0 heterocycles. The molecule has 1 aromatic rings. The molecular weight excluding hydrogens is 492 g/mol. The van der Waals surface area contributed by atoms with Gasteiger partial charge in [-0.3, -0.25) is 14.4 Å². The molecule has 0 aliphatic heterocycles. The Hall–Kier alpha value is -2.44. The predicted molar refractivity (Wildman–Crippen MR) is 140 cm³/mol. The van der Waals surface area contributed by atoms with E-state index < -0.39 is 47.9 Å². The lowest BCUT2D eigenvalue weighted by molar-refractivity contribution is -0.142. The minimum Gasteiger partial charge on any atom is -0.508 e. The van der Waals surface area contributed by atoms with Crippen molar-refractivity contribution in [2.45, 2.75) is 57.3 Å². The molecular formula is C23H36N4O6S2. The number of carboxylic acid groups (broad SMARTS) is 1. The zero-order valence-electron chi connectivity index (χ0n) is 20.2. The van der Waals surface area contributed by atoms with Crippen molar-refractivity contribution in [1.29, 1.82) is 0 Å². The minimum atomic E-state index is -1.18. The van der Waals surface area contributed by atoms with Crippen LogP contribution in [-0.2, 0) is 25.6 Å². The van der Waals surface area contributed by atoms with Crippen LogP contribution in [0, 0.1) is 5.92 Å². The third-order valence-corrected chi connectivity index (χ3v) is 6.13. The van der Waals surface area contributed by atoms with E-state index in [-0.39, 0.29) is 30.3 Å². The second-order valence-electron chi connectivity index (χ2n) is 8.59. The average molecular weight is 529 g/mol. The van der Waals surface area contributed by atoms with Crippen LogP contribution in [0.4, 0.5) is 0 Å². The summed E-state index contributed by atoms with van der Waals surface area (Å²) in [5, 5.41) is 26.7. The molecule has 0 fully saturated rings. The highest BCUT2D eigenvalue weighted by Gasteiger charge is 2.30. The van der Waals surface area contributed by atoms with Crippen molar-refractivity contribution < 1.29 is 29.4 Å². The SMILES string of the molecule is CSCCC(N)C(=O)NC(CS)C(=O)NC(Cc1ccc(O)cc1)C(=O)NC(CC(C)C)C(=O)O. The molecule has 0 bridgehead atoms. The summed E-state index contributed by atoms with van der Waals surface area (Å²) in [7, 11) is 0. The van der Waals surface area contributed by atoms with Crippen LogP contribution < -0.4 is 21.7 Å². The van der Waals surface area contributed by atoms with Gasteiger partial charge in [0, 0.05) is 12.2 Å². The van der Waals surface area contributed by atoms with Crippen molar-refractivity contribution in [2.75, 3.05) is 17.8 Å². The molecule has 1 aromatic carbocycles. The highest BCUT2D eigenvalue weighted by molar-refractivity contribution is 7.98. The lowest BCUT2D eigenvalue weighted by Gasteiger charge is -2.25. The molecule has 0 spiro atoms. The van der Waals surface area contributed by atoms with Gasteiger partial charge >= 0.3 is 5.97 Å². The summed E-state index contributed by atoms with van der Waals surface area (Å²) in [6.45, 7) is 3.67. The number of rotatable bonds is 15.